The third-order valence-corrected chi connectivity index (χ3v) is 2.77. The van der Waals surface area contributed by atoms with E-state index < -0.39 is 11.9 Å². The van der Waals surface area contributed by atoms with Crippen molar-refractivity contribution in [1.29, 1.82) is 10.5 Å². The normalized spacial score (nSPS) is 9.71. The Hall–Kier alpha value is -2.61. The molecule has 0 atom stereocenters. The van der Waals surface area contributed by atoms with Crippen LogP contribution in [-0.2, 0) is 4.79 Å². The number of carboxylic acid groups (broad SMARTS) is 1. The standard InChI is InChI=1S/C13H11ClN4O3/c14-10-2-1-9(13(20)21)7-11(10)17-12(19)8-18(5-3-15)6-4-16/h1-2,7H,5-6,8H2,(H,17,19)(H,20,21). The highest BCUT2D eigenvalue weighted by molar-refractivity contribution is 6.33. The number of anilines is 1. The van der Waals surface area contributed by atoms with Crippen LogP contribution in [0.1, 0.15) is 10.4 Å². The predicted octanol–water partition coefficient (Wildman–Crippen LogP) is 1.33. The molecule has 0 unspecified atom stereocenters. The molecule has 1 amide bonds. The molecule has 0 spiro atoms. The van der Waals surface area contributed by atoms with E-state index in [1.54, 1.807) is 0 Å². The maximum atomic E-state index is 11.8. The molecule has 0 saturated heterocycles. The van der Waals surface area contributed by atoms with Crippen molar-refractivity contribution < 1.29 is 14.7 Å². The SMILES string of the molecule is N#CCN(CC#N)CC(=O)Nc1cc(C(=O)O)ccc1Cl. The van der Waals surface area contributed by atoms with Crippen LogP contribution >= 0.6 is 11.6 Å². The van der Waals surface area contributed by atoms with Crippen LogP contribution in [0.15, 0.2) is 18.2 Å². The molecule has 0 saturated carbocycles. The lowest BCUT2D eigenvalue weighted by atomic mass is 10.2. The average molecular weight is 307 g/mol. The topological polar surface area (TPSA) is 117 Å². The molecular weight excluding hydrogens is 296 g/mol. The molecule has 0 radical (unpaired) electrons. The van der Waals surface area contributed by atoms with Crippen molar-refractivity contribution in [3.63, 3.8) is 0 Å². The van der Waals surface area contributed by atoms with Crippen LogP contribution in [0.25, 0.3) is 0 Å². The Labute approximate surface area is 126 Å². The summed E-state index contributed by atoms with van der Waals surface area (Å²) in [5, 5.41) is 28.7. The minimum Gasteiger partial charge on any atom is -0.478 e. The molecule has 1 aromatic carbocycles. The Bertz CT molecular complexity index is 617. The third kappa shape index (κ3) is 5.11. The monoisotopic (exact) mass is 306 g/mol. The number of hydrogen-bond acceptors (Lipinski definition) is 5. The summed E-state index contributed by atoms with van der Waals surface area (Å²) in [6.45, 7) is -0.303. The van der Waals surface area contributed by atoms with Crippen molar-refractivity contribution >= 4 is 29.2 Å². The molecule has 2 N–H and O–H groups in total. The molecule has 0 aliphatic heterocycles. The molecule has 21 heavy (non-hydrogen) atoms. The number of nitriles is 2. The number of rotatable bonds is 6. The smallest absolute Gasteiger partial charge is 0.335 e. The fourth-order valence-corrected chi connectivity index (χ4v) is 1.68. The number of carbonyl (C=O) groups is 2. The van der Waals surface area contributed by atoms with Gasteiger partial charge >= 0.3 is 5.97 Å². The molecule has 0 aliphatic rings. The van der Waals surface area contributed by atoms with Crippen LogP contribution in [0.2, 0.25) is 5.02 Å². The Balaban J connectivity index is 2.79. The van der Waals surface area contributed by atoms with E-state index in [0.29, 0.717) is 0 Å². The summed E-state index contributed by atoms with van der Waals surface area (Å²) in [6, 6.07) is 7.62. The molecule has 1 rings (SSSR count). The molecule has 0 heterocycles. The summed E-state index contributed by atoms with van der Waals surface area (Å²) < 4.78 is 0. The maximum Gasteiger partial charge on any atom is 0.335 e. The van der Waals surface area contributed by atoms with Crippen LogP contribution in [0.5, 0.6) is 0 Å². The van der Waals surface area contributed by atoms with Crippen LogP contribution in [0.3, 0.4) is 0 Å². The largest absolute Gasteiger partial charge is 0.478 e. The van der Waals surface area contributed by atoms with Crippen LogP contribution in [-0.4, -0.2) is 41.5 Å². The van der Waals surface area contributed by atoms with E-state index in [9.17, 15) is 9.59 Å². The zero-order chi connectivity index (χ0) is 15.8. The highest BCUT2D eigenvalue weighted by atomic mass is 35.5. The number of amides is 1. The van der Waals surface area contributed by atoms with Gasteiger partial charge in [-0.15, -0.1) is 0 Å². The fourth-order valence-electron chi connectivity index (χ4n) is 1.51. The molecule has 7 nitrogen and oxygen atoms in total. The van der Waals surface area contributed by atoms with Crippen LogP contribution in [0.4, 0.5) is 5.69 Å². The molecule has 0 aromatic heterocycles. The van der Waals surface area contributed by atoms with E-state index in [-0.39, 0.29) is 35.9 Å². The van der Waals surface area contributed by atoms with E-state index in [0.717, 1.165) is 0 Å². The lowest BCUT2D eigenvalue weighted by Gasteiger charge is -2.15. The lowest BCUT2D eigenvalue weighted by molar-refractivity contribution is -0.117. The van der Waals surface area contributed by atoms with Gasteiger partial charge in [0.15, 0.2) is 0 Å². The van der Waals surface area contributed by atoms with E-state index in [1.165, 1.54) is 23.1 Å². The van der Waals surface area contributed by atoms with Gasteiger partial charge in [-0.05, 0) is 18.2 Å². The average Bonchev–Trinajstić information content (AvgIpc) is 2.41. The number of nitrogens with zero attached hydrogens (tertiary/aromatic N) is 3. The summed E-state index contributed by atoms with van der Waals surface area (Å²) in [6.07, 6.45) is 0. The minimum absolute atomic E-state index is 0.0133. The van der Waals surface area contributed by atoms with E-state index in [4.69, 9.17) is 27.2 Å². The van der Waals surface area contributed by atoms with E-state index >= 15 is 0 Å². The number of aromatic carboxylic acids is 1. The van der Waals surface area contributed by atoms with Gasteiger partial charge in [-0.3, -0.25) is 9.69 Å². The highest BCUT2D eigenvalue weighted by Crippen LogP contribution is 2.23. The number of carbonyl (C=O) groups excluding carboxylic acids is 1. The molecule has 8 heteroatoms. The number of halogens is 1. The Morgan fingerprint density at radius 3 is 2.43 bits per heavy atom. The molecule has 1 aromatic rings. The van der Waals surface area contributed by atoms with Crippen molar-refractivity contribution in [2.45, 2.75) is 0 Å². The number of benzene rings is 1. The number of carboxylic acids is 1. The van der Waals surface area contributed by atoms with Gasteiger partial charge < -0.3 is 10.4 Å². The second-order valence-electron chi connectivity index (χ2n) is 4.01. The third-order valence-electron chi connectivity index (χ3n) is 2.44. The van der Waals surface area contributed by atoms with Gasteiger partial charge in [-0.2, -0.15) is 10.5 Å². The summed E-state index contributed by atoms with van der Waals surface area (Å²) in [5.41, 5.74) is 0.149. The first-order chi connectivity index (χ1) is 9.97. The second kappa shape index (κ2) is 7.85. The summed E-state index contributed by atoms with van der Waals surface area (Å²) in [7, 11) is 0. The minimum atomic E-state index is -1.14. The molecule has 0 bridgehead atoms. The number of nitrogens with one attached hydrogen (secondary N) is 1. The van der Waals surface area contributed by atoms with Gasteiger partial charge in [-0.25, -0.2) is 4.79 Å². The van der Waals surface area contributed by atoms with Gasteiger partial charge in [0.25, 0.3) is 0 Å². The fraction of sp³-hybridized carbons (Fsp3) is 0.231. The van der Waals surface area contributed by atoms with Crippen LogP contribution < -0.4 is 5.32 Å². The lowest BCUT2D eigenvalue weighted by Crippen LogP contribution is -2.34. The zero-order valence-corrected chi connectivity index (χ0v) is 11.6. The van der Waals surface area contributed by atoms with E-state index in [1.807, 2.05) is 12.1 Å². The molecule has 0 aliphatic carbocycles. The molecule has 108 valence electrons. The first-order valence-corrected chi connectivity index (χ1v) is 6.14. The van der Waals surface area contributed by atoms with Crippen molar-refractivity contribution in [3.05, 3.63) is 28.8 Å². The van der Waals surface area contributed by atoms with Crippen molar-refractivity contribution in [2.24, 2.45) is 0 Å². The van der Waals surface area contributed by atoms with Crippen molar-refractivity contribution in [2.75, 3.05) is 25.0 Å². The Morgan fingerprint density at radius 1 is 1.29 bits per heavy atom. The number of hydrogen-bond donors (Lipinski definition) is 2. The highest BCUT2D eigenvalue weighted by Gasteiger charge is 2.13. The van der Waals surface area contributed by atoms with Crippen LogP contribution in [0, 0.1) is 22.7 Å². The Morgan fingerprint density at radius 2 is 1.90 bits per heavy atom. The summed E-state index contributed by atoms with van der Waals surface area (Å²) in [5.74, 6) is -1.64. The second-order valence-corrected chi connectivity index (χ2v) is 4.42. The van der Waals surface area contributed by atoms with Crippen molar-refractivity contribution in [1.82, 2.24) is 4.90 Å². The van der Waals surface area contributed by atoms with Crippen molar-refractivity contribution in [3.8, 4) is 12.1 Å². The van der Waals surface area contributed by atoms with Gasteiger partial charge in [0.05, 0.1) is 48.0 Å². The summed E-state index contributed by atoms with van der Waals surface area (Å²) >= 11 is 5.88. The Kier molecular flexibility index (Phi) is 6.15. The quantitative estimate of drug-likeness (QED) is 0.765. The van der Waals surface area contributed by atoms with Gasteiger partial charge in [0.1, 0.15) is 0 Å². The maximum absolute atomic E-state index is 11.8. The van der Waals surface area contributed by atoms with Gasteiger partial charge in [-0.1, -0.05) is 11.6 Å². The molecular formula is C13H11ClN4O3. The first kappa shape index (κ1) is 16.4. The van der Waals surface area contributed by atoms with Gasteiger partial charge in [0, 0.05) is 0 Å². The van der Waals surface area contributed by atoms with Gasteiger partial charge in [0.2, 0.25) is 5.91 Å². The molecule has 0 fully saturated rings. The zero-order valence-electron chi connectivity index (χ0n) is 10.8. The predicted molar refractivity (Wildman–Crippen MR) is 74.7 cm³/mol. The summed E-state index contributed by atoms with van der Waals surface area (Å²) in [4.78, 5) is 24.0. The first-order valence-electron chi connectivity index (χ1n) is 5.77. The van der Waals surface area contributed by atoms with E-state index in [2.05, 4.69) is 5.32 Å².